The maximum atomic E-state index is 13.9. The number of carbonyl (C=O) groups is 2. The molecule has 0 bridgehead atoms. The van der Waals surface area contributed by atoms with Crippen LogP contribution >= 0.6 is 0 Å². The molecule has 0 aliphatic heterocycles. The van der Waals surface area contributed by atoms with E-state index in [0.29, 0.717) is 0 Å². The summed E-state index contributed by atoms with van der Waals surface area (Å²) in [6.07, 6.45) is -23.4. The molecule has 0 fully saturated rings. The van der Waals surface area contributed by atoms with Gasteiger partial charge in [0.05, 0.1) is 13.1 Å². The Hall–Kier alpha value is -3.00. The highest BCUT2D eigenvalue weighted by Gasteiger charge is 2.88. The van der Waals surface area contributed by atoms with Crippen LogP contribution in [-0.4, -0.2) is 118 Å². The van der Waals surface area contributed by atoms with Crippen molar-refractivity contribution in [2.45, 2.75) is 85.4 Å². The van der Waals surface area contributed by atoms with Crippen LogP contribution in [0.4, 0.5) is 106 Å². The summed E-state index contributed by atoms with van der Waals surface area (Å²) in [5, 5.41) is 17.6. The Balaban J connectivity index is 5.54. The van der Waals surface area contributed by atoms with Crippen molar-refractivity contribution in [3.05, 3.63) is 0 Å². The minimum atomic E-state index is -7.85. The third kappa shape index (κ3) is 8.23. The van der Waals surface area contributed by atoms with Gasteiger partial charge < -0.3 is 20.0 Å². The van der Waals surface area contributed by atoms with E-state index in [9.17, 15) is 106 Å². The summed E-state index contributed by atoms with van der Waals surface area (Å²) < 4.78 is 288. The lowest BCUT2D eigenvalue weighted by Crippen LogP contribution is -2.68. The summed E-state index contributed by atoms with van der Waals surface area (Å²) in [5.74, 6) is -59.6. The van der Waals surface area contributed by atoms with Gasteiger partial charge in [-0.2, -0.15) is 96.6 Å². The molecule has 286 valence electrons. The molecule has 0 spiro atoms. The molecule has 0 aromatic heterocycles. The average molecular weight is 768 g/mol. The van der Waals surface area contributed by atoms with Gasteiger partial charge >= 0.3 is 71.9 Å². The maximum Gasteiger partial charge on any atom is 0.460 e. The van der Waals surface area contributed by atoms with Gasteiger partial charge in [-0.15, -0.1) is 0 Å². The van der Waals surface area contributed by atoms with E-state index in [4.69, 9.17) is 10.2 Å². The second-order valence-electron chi connectivity index (χ2n) is 9.67. The topological polar surface area (TPSA) is 81.1 Å². The Morgan fingerprint density at radius 3 is 0.792 bits per heavy atom. The first-order valence-corrected chi connectivity index (χ1v) is 11.9. The predicted octanol–water partition coefficient (Wildman–Crippen LogP) is 8.71. The zero-order valence-electron chi connectivity index (χ0n) is 22.6. The van der Waals surface area contributed by atoms with Crippen molar-refractivity contribution in [3.63, 3.8) is 0 Å². The fraction of sp³-hybridized carbons (Fsp3) is 0.900. The minimum absolute atomic E-state index is 0.663. The second-order valence-corrected chi connectivity index (χ2v) is 9.67. The van der Waals surface area contributed by atoms with E-state index in [0.717, 1.165) is 0 Å². The number of carboxylic acid groups (broad SMARTS) is 2. The number of hydrogen-bond donors (Lipinski definition) is 2. The monoisotopic (exact) mass is 768 g/mol. The molecule has 0 saturated carbocycles. The highest BCUT2D eigenvalue weighted by molar-refractivity contribution is 5.65. The van der Waals surface area contributed by atoms with Crippen molar-refractivity contribution in [3.8, 4) is 0 Å². The standard InChI is InChI=1S/C20H18F22N2O4/c21-11(22,13(25,26)15(29,30)17(33,34)19(37,38)39)7-43(9(45)46)5-3-1-2-4-6-44(10(47)48)8-12(23,24)14(27,28)16(31,32)18(35,36)20(40,41)42/h1-8H2,(H,45,46)(H,47,48). The van der Waals surface area contributed by atoms with Gasteiger partial charge in [-0.25, -0.2) is 9.59 Å². The second kappa shape index (κ2) is 13.7. The smallest absolute Gasteiger partial charge is 0.460 e. The van der Waals surface area contributed by atoms with Crippen molar-refractivity contribution in [1.82, 2.24) is 9.80 Å². The number of unbranched alkanes of at least 4 members (excludes halogenated alkanes) is 3. The number of rotatable bonds is 17. The van der Waals surface area contributed by atoms with Crippen LogP contribution < -0.4 is 0 Å². The van der Waals surface area contributed by atoms with E-state index >= 15 is 0 Å². The average Bonchev–Trinajstić information content (AvgIpc) is 2.86. The largest absolute Gasteiger partial charge is 0.465 e. The third-order valence-corrected chi connectivity index (χ3v) is 6.13. The lowest BCUT2D eigenvalue weighted by Gasteiger charge is -2.38. The van der Waals surface area contributed by atoms with E-state index in [1.54, 1.807) is 0 Å². The van der Waals surface area contributed by atoms with Crippen molar-refractivity contribution in [2.75, 3.05) is 26.2 Å². The Bertz CT molecular complexity index is 1030. The molecule has 0 aliphatic carbocycles. The highest BCUT2D eigenvalue weighted by atomic mass is 19.4. The normalized spacial score (nSPS) is 15.0. The summed E-state index contributed by atoms with van der Waals surface area (Å²) in [6, 6.07) is 0. The SMILES string of the molecule is O=C(O)N(CCCCCCN(CC(F)(F)C(F)(F)C(F)(F)C(F)(F)C(F)(F)F)C(=O)O)CC(F)(F)C(F)(F)C(F)(F)C(F)(F)C(F)(F)F. The van der Waals surface area contributed by atoms with Crippen molar-refractivity contribution in [1.29, 1.82) is 0 Å². The van der Waals surface area contributed by atoms with Gasteiger partial charge in [-0.1, -0.05) is 12.8 Å². The van der Waals surface area contributed by atoms with Gasteiger partial charge in [0, 0.05) is 13.1 Å². The van der Waals surface area contributed by atoms with Gasteiger partial charge in [0.1, 0.15) is 0 Å². The Labute approximate surface area is 251 Å². The van der Waals surface area contributed by atoms with E-state index < -0.39 is 134 Å². The summed E-state index contributed by atoms with van der Waals surface area (Å²) in [6.45, 7) is -9.16. The van der Waals surface area contributed by atoms with Crippen LogP contribution in [0, 0.1) is 0 Å². The summed E-state index contributed by atoms with van der Waals surface area (Å²) in [7, 11) is 0. The summed E-state index contributed by atoms with van der Waals surface area (Å²) >= 11 is 0. The molecule has 0 rings (SSSR count). The lowest BCUT2D eigenvalue weighted by atomic mass is 9.97. The van der Waals surface area contributed by atoms with Crippen LogP contribution in [0.3, 0.4) is 0 Å². The maximum absolute atomic E-state index is 13.9. The first-order chi connectivity index (χ1) is 20.8. The number of hydrogen-bond acceptors (Lipinski definition) is 2. The molecule has 0 radical (unpaired) electrons. The van der Waals surface area contributed by atoms with Crippen LogP contribution in [0.1, 0.15) is 25.7 Å². The lowest BCUT2D eigenvalue weighted by molar-refractivity contribution is -0.422. The molecular formula is C20H18F22N2O4. The van der Waals surface area contributed by atoms with Gasteiger partial charge in [0.15, 0.2) is 0 Å². The molecular weight excluding hydrogens is 750 g/mol. The summed E-state index contributed by atoms with van der Waals surface area (Å²) in [5.41, 5.74) is 0. The fourth-order valence-electron chi connectivity index (χ4n) is 3.33. The van der Waals surface area contributed by atoms with E-state index in [-0.39, 0.29) is 0 Å². The van der Waals surface area contributed by atoms with Gasteiger partial charge in [0.25, 0.3) is 0 Å². The zero-order chi connectivity index (χ0) is 39.0. The highest BCUT2D eigenvalue weighted by Crippen LogP contribution is 2.58. The van der Waals surface area contributed by atoms with Crippen LogP contribution in [0.15, 0.2) is 0 Å². The molecule has 28 heteroatoms. The fourth-order valence-corrected chi connectivity index (χ4v) is 3.33. The number of alkyl halides is 22. The molecule has 0 saturated heterocycles. The van der Waals surface area contributed by atoms with E-state index in [2.05, 4.69) is 0 Å². The van der Waals surface area contributed by atoms with Crippen LogP contribution in [0.5, 0.6) is 0 Å². The quantitative estimate of drug-likeness (QED) is 0.115. The van der Waals surface area contributed by atoms with Gasteiger partial charge in [-0.05, 0) is 12.8 Å². The van der Waals surface area contributed by atoms with Gasteiger partial charge in [0.2, 0.25) is 0 Å². The van der Waals surface area contributed by atoms with Crippen LogP contribution in [0.25, 0.3) is 0 Å². The molecule has 0 aliphatic rings. The number of nitrogens with zero attached hydrogens (tertiary/aromatic N) is 2. The van der Waals surface area contributed by atoms with Gasteiger partial charge in [-0.3, -0.25) is 0 Å². The Morgan fingerprint density at radius 2 is 0.604 bits per heavy atom. The van der Waals surface area contributed by atoms with E-state index in [1.165, 1.54) is 0 Å². The van der Waals surface area contributed by atoms with Crippen LogP contribution in [-0.2, 0) is 0 Å². The number of amides is 2. The first-order valence-electron chi connectivity index (χ1n) is 11.9. The van der Waals surface area contributed by atoms with Crippen LogP contribution in [0.2, 0.25) is 0 Å². The zero-order valence-corrected chi connectivity index (χ0v) is 22.6. The van der Waals surface area contributed by atoms with Crippen molar-refractivity contribution in [2.24, 2.45) is 0 Å². The minimum Gasteiger partial charge on any atom is -0.465 e. The summed E-state index contributed by atoms with van der Waals surface area (Å²) in [4.78, 5) is 20.4. The van der Waals surface area contributed by atoms with Crippen molar-refractivity contribution < 1.29 is 116 Å². The predicted molar refractivity (Wildman–Crippen MR) is 109 cm³/mol. The molecule has 0 aromatic rings. The molecule has 0 heterocycles. The number of halogens is 22. The molecule has 48 heavy (non-hydrogen) atoms. The molecule has 2 amide bonds. The molecule has 6 nitrogen and oxygen atoms in total. The molecule has 0 atom stereocenters. The van der Waals surface area contributed by atoms with Crippen molar-refractivity contribution >= 4 is 12.2 Å². The molecule has 2 N–H and O–H groups in total. The molecule has 0 aromatic carbocycles. The Kier molecular flexibility index (Phi) is 12.9. The van der Waals surface area contributed by atoms with E-state index in [1.807, 2.05) is 0 Å². The molecule has 0 unspecified atom stereocenters. The third-order valence-electron chi connectivity index (χ3n) is 6.13. The first kappa shape index (κ1) is 45.0. The Morgan fingerprint density at radius 1 is 0.375 bits per heavy atom.